The first-order valence-electron chi connectivity index (χ1n) is 7.44. The van der Waals surface area contributed by atoms with Crippen LogP contribution in [-0.4, -0.2) is 35.0 Å². The molecule has 0 aliphatic heterocycles. The van der Waals surface area contributed by atoms with E-state index in [1.54, 1.807) is 0 Å². The molecule has 0 fully saturated rings. The molecule has 0 radical (unpaired) electrons. The van der Waals surface area contributed by atoms with Crippen molar-refractivity contribution in [3.05, 3.63) is 35.4 Å². The minimum absolute atomic E-state index is 0.00270. The van der Waals surface area contributed by atoms with Crippen LogP contribution in [0.5, 0.6) is 0 Å². The molecule has 0 saturated heterocycles. The number of rotatable bonds is 7. The SMILES string of the molecule is CCC(O)c1ccc(C(F)(F)C(F)(F)C(F)(F)C(F)(F)C(F)(F)C(F)(F)F)cc1. The second-order valence-corrected chi connectivity index (χ2v) is 5.92. The molecule has 0 saturated carbocycles. The number of halogens is 13. The van der Waals surface area contributed by atoms with Crippen molar-refractivity contribution in [1.29, 1.82) is 0 Å². The van der Waals surface area contributed by atoms with Gasteiger partial charge in [-0.2, -0.15) is 57.1 Å². The van der Waals surface area contributed by atoms with Crippen LogP contribution in [-0.2, 0) is 5.92 Å². The van der Waals surface area contributed by atoms with E-state index in [0.717, 1.165) is 0 Å². The number of hydrogen-bond acceptors (Lipinski definition) is 1. The van der Waals surface area contributed by atoms with Crippen molar-refractivity contribution in [2.45, 2.75) is 55.2 Å². The maximum Gasteiger partial charge on any atom is 0.460 e. The molecule has 0 bridgehead atoms. The lowest BCUT2D eigenvalue weighted by molar-refractivity contribution is -0.441. The Morgan fingerprint density at radius 3 is 1.38 bits per heavy atom. The van der Waals surface area contributed by atoms with Gasteiger partial charge < -0.3 is 5.11 Å². The summed E-state index contributed by atoms with van der Waals surface area (Å²) in [5.41, 5.74) is -2.25. The Labute approximate surface area is 154 Å². The van der Waals surface area contributed by atoms with Crippen LogP contribution in [0.3, 0.4) is 0 Å². The van der Waals surface area contributed by atoms with Crippen molar-refractivity contribution in [2.24, 2.45) is 0 Å². The molecule has 14 heteroatoms. The molecule has 1 aromatic carbocycles. The molecule has 0 amide bonds. The van der Waals surface area contributed by atoms with Crippen LogP contribution >= 0.6 is 0 Å². The van der Waals surface area contributed by atoms with Crippen molar-refractivity contribution in [2.75, 3.05) is 0 Å². The second-order valence-electron chi connectivity index (χ2n) is 5.92. The Bertz CT molecular complexity index is 706. The Balaban J connectivity index is 3.50. The summed E-state index contributed by atoms with van der Waals surface area (Å²) < 4.78 is 170. The fourth-order valence-electron chi connectivity index (χ4n) is 2.10. The molecule has 0 aliphatic rings. The van der Waals surface area contributed by atoms with Crippen molar-refractivity contribution in [3.63, 3.8) is 0 Å². The molecular formula is C15H11F13O. The standard InChI is InChI=1S/C15H11F13O/c1-2-9(29)7-3-5-8(6-4-7)10(16,17)11(18,19)12(20,21)13(22,23)14(24,25)15(26,27)28/h3-6,9,29H,2H2,1H3. The summed E-state index contributed by atoms with van der Waals surface area (Å²) in [7, 11) is 0. The summed E-state index contributed by atoms with van der Waals surface area (Å²) >= 11 is 0. The third-order valence-corrected chi connectivity index (χ3v) is 3.98. The van der Waals surface area contributed by atoms with Gasteiger partial charge in [0.2, 0.25) is 0 Å². The minimum atomic E-state index is -7.93. The van der Waals surface area contributed by atoms with Crippen LogP contribution in [0.15, 0.2) is 24.3 Å². The van der Waals surface area contributed by atoms with Crippen LogP contribution in [0, 0.1) is 0 Å². The van der Waals surface area contributed by atoms with Gasteiger partial charge in [-0.1, -0.05) is 31.2 Å². The zero-order valence-electron chi connectivity index (χ0n) is 14.0. The summed E-state index contributed by atoms with van der Waals surface area (Å²) in [6.07, 6.45) is -8.74. The van der Waals surface area contributed by atoms with E-state index in [0.29, 0.717) is 12.1 Å². The highest BCUT2D eigenvalue weighted by Crippen LogP contribution is 2.62. The monoisotopic (exact) mass is 454 g/mol. The smallest absolute Gasteiger partial charge is 0.388 e. The molecule has 1 aromatic rings. The third kappa shape index (κ3) is 3.63. The Kier molecular flexibility index (Phi) is 6.28. The van der Waals surface area contributed by atoms with E-state index in [-0.39, 0.29) is 24.1 Å². The van der Waals surface area contributed by atoms with Crippen molar-refractivity contribution in [1.82, 2.24) is 0 Å². The largest absolute Gasteiger partial charge is 0.460 e. The van der Waals surface area contributed by atoms with Gasteiger partial charge in [0, 0.05) is 5.56 Å². The molecule has 0 spiro atoms. The van der Waals surface area contributed by atoms with Gasteiger partial charge in [-0.25, -0.2) is 0 Å². The first-order valence-corrected chi connectivity index (χ1v) is 7.44. The van der Waals surface area contributed by atoms with E-state index in [1.807, 2.05) is 0 Å². The molecule has 1 nitrogen and oxygen atoms in total. The van der Waals surface area contributed by atoms with Crippen molar-refractivity contribution >= 4 is 0 Å². The van der Waals surface area contributed by atoms with Gasteiger partial charge >= 0.3 is 35.8 Å². The third-order valence-electron chi connectivity index (χ3n) is 3.98. The second kappa shape index (κ2) is 7.20. The van der Waals surface area contributed by atoms with Gasteiger partial charge in [-0.05, 0) is 12.0 Å². The van der Waals surface area contributed by atoms with Crippen LogP contribution in [0.25, 0.3) is 0 Å². The molecule has 168 valence electrons. The molecular weight excluding hydrogens is 443 g/mol. The summed E-state index contributed by atoms with van der Waals surface area (Å²) in [6.45, 7) is 1.41. The molecule has 0 heterocycles. The number of hydrogen-bond donors (Lipinski definition) is 1. The molecule has 0 aromatic heterocycles. The highest BCUT2D eigenvalue weighted by Gasteiger charge is 2.90. The van der Waals surface area contributed by atoms with E-state index < -0.39 is 47.5 Å². The summed E-state index contributed by atoms with van der Waals surface area (Å²) in [5, 5.41) is 9.44. The van der Waals surface area contributed by atoms with Gasteiger partial charge in [0.15, 0.2) is 0 Å². The first kappa shape index (κ1) is 25.3. The van der Waals surface area contributed by atoms with Gasteiger partial charge in [-0.15, -0.1) is 0 Å². The number of aliphatic hydroxyl groups is 1. The zero-order valence-corrected chi connectivity index (χ0v) is 14.0. The summed E-state index contributed by atoms with van der Waals surface area (Å²) in [4.78, 5) is 0. The lowest BCUT2D eigenvalue weighted by Gasteiger charge is -2.39. The van der Waals surface area contributed by atoms with Gasteiger partial charge in [0.05, 0.1) is 6.10 Å². The maximum atomic E-state index is 13.9. The average molecular weight is 454 g/mol. The van der Waals surface area contributed by atoms with Crippen LogP contribution in [0.2, 0.25) is 0 Å². The molecule has 29 heavy (non-hydrogen) atoms. The topological polar surface area (TPSA) is 20.2 Å². The van der Waals surface area contributed by atoms with Crippen molar-refractivity contribution < 1.29 is 62.2 Å². The van der Waals surface area contributed by atoms with Crippen molar-refractivity contribution in [3.8, 4) is 0 Å². The normalized spacial score (nSPS) is 16.1. The average Bonchev–Trinajstić information content (AvgIpc) is 2.59. The van der Waals surface area contributed by atoms with E-state index in [2.05, 4.69) is 0 Å². The Morgan fingerprint density at radius 2 is 1.03 bits per heavy atom. The van der Waals surface area contributed by atoms with Crippen LogP contribution in [0.4, 0.5) is 57.1 Å². The molecule has 1 rings (SSSR count). The van der Waals surface area contributed by atoms with Crippen LogP contribution in [0.1, 0.15) is 30.6 Å². The Morgan fingerprint density at radius 1 is 0.655 bits per heavy atom. The Hall–Kier alpha value is -1.73. The van der Waals surface area contributed by atoms with E-state index in [4.69, 9.17) is 0 Å². The highest BCUT2D eigenvalue weighted by molar-refractivity contribution is 5.30. The molecule has 0 aliphatic carbocycles. The lowest BCUT2D eigenvalue weighted by atomic mass is 9.90. The fourth-order valence-corrected chi connectivity index (χ4v) is 2.10. The minimum Gasteiger partial charge on any atom is -0.388 e. The maximum absolute atomic E-state index is 13.9. The summed E-state index contributed by atoms with van der Waals surface area (Å²) in [6, 6.07) is 1.10. The quantitative estimate of drug-likeness (QED) is 0.478. The van der Waals surface area contributed by atoms with Gasteiger partial charge in [-0.3, -0.25) is 0 Å². The molecule has 1 unspecified atom stereocenters. The number of aliphatic hydroxyl groups excluding tert-OH is 1. The first-order chi connectivity index (χ1) is 12.7. The van der Waals surface area contributed by atoms with E-state index >= 15 is 0 Å². The predicted molar refractivity (Wildman–Crippen MR) is 71.4 cm³/mol. The predicted octanol–water partition coefficient (Wildman–Crippen LogP) is 6.33. The zero-order chi connectivity index (χ0) is 23.3. The lowest BCUT2D eigenvalue weighted by Crippen LogP contribution is -2.69. The van der Waals surface area contributed by atoms with Gasteiger partial charge in [0.1, 0.15) is 0 Å². The number of benzene rings is 1. The molecule has 1 N–H and O–H groups in total. The highest BCUT2D eigenvalue weighted by atomic mass is 19.4. The molecule has 1 atom stereocenters. The summed E-state index contributed by atoms with van der Waals surface area (Å²) in [5.74, 6) is -37.2. The van der Waals surface area contributed by atoms with E-state index in [1.165, 1.54) is 6.92 Å². The number of alkyl halides is 13. The van der Waals surface area contributed by atoms with E-state index in [9.17, 15) is 62.2 Å². The van der Waals surface area contributed by atoms with Gasteiger partial charge in [0.25, 0.3) is 0 Å². The van der Waals surface area contributed by atoms with Crippen LogP contribution < -0.4 is 0 Å². The fraction of sp³-hybridized carbons (Fsp3) is 0.600.